The van der Waals surface area contributed by atoms with Gasteiger partial charge in [0.15, 0.2) is 0 Å². The van der Waals surface area contributed by atoms with Crippen molar-refractivity contribution in [3.8, 4) is 0 Å². The second-order valence-electron chi connectivity index (χ2n) is 9.90. The average molecular weight is 534 g/mol. The van der Waals surface area contributed by atoms with Gasteiger partial charge in [0.2, 0.25) is 26.0 Å². The maximum atomic E-state index is 13.4. The van der Waals surface area contributed by atoms with Gasteiger partial charge in [0.1, 0.15) is 0 Å². The monoisotopic (exact) mass is 533 g/mol. The highest BCUT2D eigenvalue weighted by Gasteiger charge is 2.35. The molecule has 0 aliphatic carbocycles. The Hall–Kier alpha value is -2.27. The highest BCUT2D eigenvalue weighted by Crippen LogP contribution is 2.29. The van der Waals surface area contributed by atoms with E-state index in [1.54, 1.807) is 24.3 Å². The number of nitrogens with zero attached hydrogens (tertiary/aromatic N) is 2. The molecule has 2 aliphatic rings. The normalized spacial score (nSPS) is 19.9. The number of nitrogens with one attached hydrogen (secondary N) is 1. The predicted octanol–water partition coefficient (Wildman–Crippen LogP) is 3.11. The molecule has 2 aromatic carbocycles. The molecule has 2 heterocycles. The summed E-state index contributed by atoms with van der Waals surface area (Å²) in [7, 11) is -7.18. The van der Waals surface area contributed by atoms with Crippen LogP contribution < -0.4 is 5.32 Å². The summed E-state index contributed by atoms with van der Waals surface area (Å²) in [5, 5.41) is 2.90. The van der Waals surface area contributed by atoms with Crippen molar-refractivity contribution < 1.29 is 21.6 Å². The third-order valence-electron chi connectivity index (χ3n) is 7.05. The number of sulfonamides is 2. The molecule has 0 spiro atoms. The van der Waals surface area contributed by atoms with Crippen LogP contribution in [0.1, 0.15) is 47.9 Å². The average Bonchev–Trinajstić information content (AvgIpc) is 3.38. The number of hydrogen-bond acceptors (Lipinski definition) is 5. The Kier molecular flexibility index (Phi) is 7.89. The van der Waals surface area contributed by atoms with Crippen molar-refractivity contribution >= 4 is 26.0 Å². The minimum Gasteiger partial charge on any atom is -0.352 e. The number of carbonyl (C=O) groups excluding carboxylic acids is 1. The van der Waals surface area contributed by atoms with Crippen LogP contribution in [0.25, 0.3) is 0 Å². The van der Waals surface area contributed by atoms with Gasteiger partial charge in [-0.3, -0.25) is 4.79 Å². The highest BCUT2D eigenvalue weighted by atomic mass is 32.2. The van der Waals surface area contributed by atoms with Crippen LogP contribution in [-0.4, -0.2) is 57.5 Å². The Labute approximate surface area is 214 Å². The number of amides is 1. The number of aryl methyl sites for hydroxylation is 3. The summed E-state index contributed by atoms with van der Waals surface area (Å²) < 4.78 is 55.2. The summed E-state index contributed by atoms with van der Waals surface area (Å²) in [5.74, 6) is -0.629. The summed E-state index contributed by atoms with van der Waals surface area (Å²) in [6.45, 7) is 7.46. The Morgan fingerprint density at radius 3 is 2.06 bits per heavy atom. The molecule has 0 unspecified atom stereocenters. The van der Waals surface area contributed by atoms with E-state index in [2.05, 4.69) is 5.32 Å². The second kappa shape index (κ2) is 10.6. The van der Waals surface area contributed by atoms with Crippen LogP contribution in [0.4, 0.5) is 0 Å². The van der Waals surface area contributed by atoms with Crippen LogP contribution in [0.15, 0.2) is 46.2 Å². The lowest BCUT2D eigenvalue weighted by Gasteiger charge is -2.32. The number of carbonyl (C=O) groups is 1. The molecule has 196 valence electrons. The van der Waals surface area contributed by atoms with E-state index in [1.165, 1.54) is 8.61 Å². The van der Waals surface area contributed by atoms with Crippen molar-refractivity contribution in [1.82, 2.24) is 13.9 Å². The maximum Gasteiger partial charge on any atom is 0.243 e. The molecule has 10 heteroatoms. The van der Waals surface area contributed by atoms with Crippen LogP contribution in [0.5, 0.6) is 0 Å². The number of rotatable bonds is 7. The first-order chi connectivity index (χ1) is 17.0. The molecule has 2 fully saturated rings. The molecule has 0 bridgehead atoms. The molecular weight excluding hydrogens is 498 g/mol. The van der Waals surface area contributed by atoms with Crippen molar-refractivity contribution in [1.29, 1.82) is 0 Å². The molecule has 4 rings (SSSR count). The van der Waals surface area contributed by atoms with Crippen molar-refractivity contribution in [2.75, 3.05) is 26.2 Å². The summed E-state index contributed by atoms with van der Waals surface area (Å²) in [6.07, 6.45) is 3.00. The van der Waals surface area contributed by atoms with Gasteiger partial charge in [-0.1, -0.05) is 29.8 Å². The lowest BCUT2D eigenvalue weighted by Crippen LogP contribution is -2.45. The zero-order chi connectivity index (χ0) is 26.1. The van der Waals surface area contributed by atoms with E-state index >= 15 is 0 Å². The quantitative estimate of drug-likeness (QED) is 0.589. The molecule has 0 aromatic heterocycles. The first-order valence-corrected chi connectivity index (χ1v) is 15.3. The van der Waals surface area contributed by atoms with Gasteiger partial charge in [-0.2, -0.15) is 8.61 Å². The first kappa shape index (κ1) is 26.8. The summed E-state index contributed by atoms with van der Waals surface area (Å²) in [4.78, 5) is 13.5. The summed E-state index contributed by atoms with van der Waals surface area (Å²) in [6, 6.07) is 10.3. The van der Waals surface area contributed by atoms with Gasteiger partial charge >= 0.3 is 0 Å². The number of piperidine rings is 1. The van der Waals surface area contributed by atoms with Gasteiger partial charge in [0.05, 0.1) is 15.7 Å². The van der Waals surface area contributed by atoms with Crippen molar-refractivity contribution in [2.45, 2.75) is 62.8 Å². The zero-order valence-electron chi connectivity index (χ0n) is 21.2. The lowest BCUT2D eigenvalue weighted by molar-refractivity contribution is -0.126. The molecule has 1 N–H and O–H groups in total. The third kappa shape index (κ3) is 5.51. The van der Waals surface area contributed by atoms with Gasteiger partial charge in [0, 0.05) is 32.7 Å². The second-order valence-corrected chi connectivity index (χ2v) is 13.7. The van der Waals surface area contributed by atoms with Gasteiger partial charge in [0.25, 0.3) is 0 Å². The summed E-state index contributed by atoms with van der Waals surface area (Å²) >= 11 is 0. The fraction of sp³-hybridized carbons (Fsp3) is 0.500. The van der Waals surface area contributed by atoms with Gasteiger partial charge in [-0.25, -0.2) is 16.8 Å². The zero-order valence-corrected chi connectivity index (χ0v) is 22.8. The standard InChI is InChI=1S/C26H35N3O5S2/c1-19-15-20(2)25(21(3)16-19)36(33,34)29-14-6-7-23(18-29)26(30)27-17-22-8-10-24(11-9-22)35(31,32)28-12-4-5-13-28/h8-11,15-16,23H,4-7,12-14,17-18H2,1-3H3,(H,27,30)/t23-/m0/s1. The molecule has 8 nitrogen and oxygen atoms in total. The Bertz CT molecular complexity index is 1310. The van der Waals surface area contributed by atoms with Crippen molar-refractivity contribution in [3.63, 3.8) is 0 Å². The van der Waals surface area contributed by atoms with Crippen molar-refractivity contribution in [3.05, 3.63) is 58.7 Å². The van der Waals surface area contributed by atoms with Crippen molar-refractivity contribution in [2.24, 2.45) is 5.92 Å². The van der Waals surface area contributed by atoms with Gasteiger partial charge in [-0.05, 0) is 75.3 Å². The first-order valence-electron chi connectivity index (χ1n) is 12.4. The molecular formula is C26H35N3O5S2. The largest absolute Gasteiger partial charge is 0.352 e. The van der Waals surface area contributed by atoms with E-state index in [9.17, 15) is 21.6 Å². The molecule has 2 aliphatic heterocycles. The number of benzene rings is 2. The van der Waals surface area contributed by atoms with Crippen LogP contribution in [0.2, 0.25) is 0 Å². The van der Waals surface area contributed by atoms with Crippen LogP contribution in [0, 0.1) is 26.7 Å². The molecule has 2 saturated heterocycles. The Morgan fingerprint density at radius 1 is 0.861 bits per heavy atom. The van der Waals surface area contributed by atoms with E-state index in [-0.39, 0.29) is 23.9 Å². The minimum absolute atomic E-state index is 0.147. The minimum atomic E-state index is -3.71. The molecule has 1 atom stereocenters. The van der Waals surface area contributed by atoms with E-state index in [0.29, 0.717) is 48.5 Å². The molecule has 2 aromatic rings. The van der Waals surface area contributed by atoms with Crippen LogP contribution in [0.3, 0.4) is 0 Å². The number of hydrogen-bond donors (Lipinski definition) is 1. The van der Waals surface area contributed by atoms with Crippen LogP contribution >= 0.6 is 0 Å². The molecule has 0 radical (unpaired) electrons. The fourth-order valence-corrected chi connectivity index (χ4v) is 8.72. The Balaban J connectivity index is 1.39. The van der Waals surface area contributed by atoms with E-state index < -0.39 is 26.0 Å². The maximum absolute atomic E-state index is 13.4. The predicted molar refractivity (Wildman–Crippen MR) is 138 cm³/mol. The Morgan fingerprint density at radius 2 is 1.44 bits per heavy atom. The molecule has 36 heavy (non-hydrogen) atoms. The highest BCUT2D eigenvalue weighted by molar-refractivity contribution is 7.89. The van der Waals surface area contributed by atoms with Gasteiger partial charge < -0.3 is 5.32 Å². The lowest BCUT2D eigenvalue weighted by atomic mass is 9.99. The fourth-order valence-electron chi connectivity index (χ4n) is 5.27. The smallest absolute Gasteiger partial charge is 0.243 e. The van der Waals surface area contributed by atoms with E-state index in [4.69, 9.17) is 0 Å². The van der Waals surface area contributed by atoms with Gasteiger partial charge in [-0.15, -0.1) is 0 Å². The molecule has 1 amide bonds. The van der Waals surface area contributed by atoms with Crippen LogP contribution in [-0.2, 0) is 31.4 Å². The molecule has 0 saturated carbocycles. The SMILES string of the molecule is Cc1cc(C)c(S(=O)(=O)N2CCC[C@H](C(=O)NCc3ccc(S(=O)(=O)N4CCCC4)cc3)C2)c(C)c1. The summed E-state index contributed by atoms with van der Waals surface area (Å²) in [5.41, 5.74) is 3.24. The van der Waals surface area contributed by atoms with E-state index in [0.717, 1.165) is 24.0 Å². The topological polar surface area (TPSA) is 104 Å². The third-order valence-corrected chi connectivity index (χ3v) is 11.1. The van der Waals surface area contributed by atoms with E-state index in [1.807, 2.05) is 32.9 Å².